The molecule has 22 heavy (non-hydrogen) atoms. The maximum Gasteiger partial charge on any atom is 0.306 e. The van der Waals surface area contributed by atoms with Crippen LogP contribution in [0.5, 0.6) is 0 Å². The number of nitrogens with zero attached hydrogens (tertiary/aromatic N) is 1. The first-order chi connectivity index (χ1) is 10.3. The van der Waals surface area contributed by atoms with E-state index in [0.717, 1.165) is 25.8 Å². The number of carboxylic acids is 1. The first kappa shape index (κ1) is 20.2. The average Bonchev–Trinajstić information content (AvgIpc) is 2.88. The Hall–Kier alpha value is -1.79. The van der Waals surface area contributed by atoms with Gasteiger partial charge in [-0.15, -0.1) is 0 Å². The third-order valence-electron chi connectivity index (χ3n) is 3.88. The van der Waals surface area contributed by atoms with Crippen LogP contribution in [0.4, 0.5) is 0 Å². The maximum atomic E-state index is 10.5. The lowest BCUT2D eigenvalue weighted by Gasteiger charge is -2.11. The van der Waals surface area contributed by atoms with Gasteiger partial charge < -0.3 is 21.9 Å². The van der Waals surface area contributed by atoms with Crippen LogP contribution in [0.15, 0.2) is 4.99 Å². The first-order valence-electron chi connectivity index (χ1n) is 7.86. The van der Waals surface area contributed by atoms with E-state index in [1.54, 1.807) is 6.92 Å². The van der Waals surface area contributed by atoms with Gasteiger partial charge in [-0.1, -0.05) is 26.7 Å². The van der Waals surface area contributed by atoms with Crippen molar-refractivity contribution in [1.82, 2.24) is 5.32 Å². The smallest absolute Gasteiger partial charge is 0.306 e. The topological polar surface area (TPSA) is 131 Å². The van der Waals surface area contributed by atoms with Crippen molar-refractivity contribution in [2.45, 2.75) is 58.9 Å². The highest BCUT2D eigenvalue weighted by atomic mass is 16.4. The number of carbonyl (C=O) groups excluding carboxylic acids is 1. The Morgan fingerprint density at radius 2 is 1.86 bits per heavy atom. The zero-order valence-corrected chi connectivity index (χ0v) is 13.8. The molecule has 0 aromatic heterocycles. The molecule has 0 aromatic carbocycles. The molecule has 128 valence electrons. The van der Waals surface area contributed by atoms with Crippen molar-refractivity contribution in [3.8, 4) is 0 Å². The summed E-state index contributed by atoms with van der Waals surface area (Å²) in [6.45, 7) is 6.69. The molecule has 0 heterocycles. The molecule has 6 N–H and O–H groups in total. The van der Waals surface area contributed by atoms with Crippen LogP contribution in [-0.4, -0.2) is 35.5 Å². The summed E-state index contributed by atoms with van der Waals surface area (Å²) < 4.78 is 0. The summed E-state index contributed by atoms with van der Waals surface area (Å²) in [5, 5.41) is 11.5. The van der Waals surface area contributed by atoms with E-state index in [4.69, 9.17) is 16.6 Å². The molecule has 0 radical (unpaired) electrons. The number of carbonyl (C=O) groups is 2. The minimum atomic E-state index is -0.747. The number of hydrogen-bond acceptors (Lipinski definition) is 3. The van der Waals surface area contributed by atoms with Crippen molar-refractivity contribution in [1.29, 1.82) is 0 Å². The minimum Gasteiger partial charge on any atom is -0.481 e. The van der Waals surface area contributed by atoms with Gasteiger partial charge in [-0.2, -0.15) is 0 Å². The molecule has 7 nitrogen and oxygen atoms in total. The van der Waals surface area contributed by atoms with Crippen LogP contribution in [0, 0.1) is 11.8 Å². The molecular formula is C15H30N4O3. The minimum absolute atomic E-state index is 0.0103. The molecule has 0 saturated heterocycles. The normalized spacial score (nSPS) is 20.0. The fraction of sp³-hybridized carbons (Fsp3) is 0.800. The van der Waals surface area contributed by atoms with Gasteiger partial charge in [-0.25, -0.2) is 0 Å². The molecule has 2 atom stereocenters. The maximum absolute atomic E-state index is 10.5. The molecule has 2 unspecified atom stereocenters. The van der Waals surface area contributed by atoms with Crippen LogP contribution < -0.4 is 16.8 Å². The summed E-state index contributed by atoms with van der Waals surface area (Å²) in [4.78, 5) is 24.9. The van der Waals surface area contributed by atoms with E-state index >= 15 is 0 Å². The summed E-state index contributed by atoms with van der Waals surface area (Å²) in [6.07, 6.45) is 4.31. The van der Waals surface area contributed by atoms with Crippen LogP contribution >= 0.6 is 0 Å². The molecule has 0 bridgehead atoms. The molecule has 1 fully saturated rings. The van der Waals surface area contributed by atoms with Gasteiger partial charge in [-0.3, -0.25) is 14.6 Å². The first-order valence-corrected chi connectivity index (χ1v) is 7.86. The zero-order chi connectivity index (χ0) is 17.1. The van der Waals surface area contributed by atoms with Gasteiger partial charge in [0.2, 0.25) is 5.91 Å². The largest absolute Gasteiger partial charge is 0.481 e. The molecule has 1 aliphatic rings. The number of rotatable bonds is 6. The van der Waals surface area contributed by atoms with Gasteiger partial charge in [0.1, 0.15) is 0 Å². The number of aliphatic carboxylic acids is 1. The van der Waals surface area contributed by atoms with E-state index in [2.05, 4.69) is 24.2 Å². The predicted octanol–water partition coefficient (Wildman–Crippen LogP) is 1.07. The summed E-state index contributed by atoms with van der Waals surface area (Å²) in [5.74, 6) is -0.233. The number of nitrogens with one attached hydrogen (secondary N) is 1. The van der Waals surface area contributed by atoms with Gasteiger partial charge in [-0.05, 0) is 25.2 Å². The molecule has 0 aliphatic heterocycles. The number of amides is 1. The van der Waals surface area contributed by atoms with Crippen molar-refractivity contribution in [3.63, 3.8) is 0 Å². The Balaban J connectivity index is 0.000000409. The number of aliphatic imine (C=N–C) groups is 1. The second kappa shape index (κ2) is 10.9. The highest BCUT2D eigenvalue weighted by Crippen LogP contribution is 2.27. The number of hydrogen-bond donors (Lipinski definition) is 4. The van der Waals surface area contributed by atoms with Crippen molar-refractivity contribution in [2.75, 3.05) is 6.54 Å². The van der Waals surface area contributed by atoms with E-state index in [1.165, 1.54) is 0 Å². The molecule has 1 aliphatic carbocycles. The van der Waals surface area contributed by atoms with Crippen LogP contribution in [0.25, 0.3) is 0 Å². The fourth-order valence-corrected chi connectivity index (χ4v) is 2.38. The van der Waals surface area contributed by atoms with Gasteiger partial charge in [0.25, 0.3) is 0 Å². The third-order valence-corrected chi connectivity index (χ3v) is 3.88. The molecule has 1 saturated carbocycles. The third kappa shape index (κ3) is 9.20. The van der Waals surface area contributed by atoms with Crippen molar-refractivity contribution in [3.05, 3.63) is 0 Å². The molecule has 7 heteroatoms. The Bertz CT molecular complexity index is 377. The predicted molar refractivity (Wildman–Crippen MR) is 87.3 cm³/mol. The molecule has 1 rings (SSSR count). The lowest BCUT2D eigenvalue weighted by atomic mass is 10.0. The summed E-state index contributed by atoms with van der Waals surface area (Å²) in [7, 11) is 0. The highest BCUT2D eigenvalue weighted by Gasteiger charge is 2.29. The number of carboxylic acid groups (broad SMARTS) is 1. The van der Waals surface area contributed by atoms with Crippen molar-refractivity contribution >= 4 is 17.8 Å². The lowest BCUT2D eigenvalue weighted by molar-refractivity contribution is -0.141. The van der Waals surface area contributed by atoms with E-state index in [9.17, 15) is 9.59 Å². The van der Waals surface area contributed by atoms with Gasteiger partial charge in [0, 0.05) is 13.5 Å². The van der Waals surface area contributed by atoms with Gasteiger partial charge in [0.05, 0.1) is 12.0 Å². The molecule has 0 aromatic rings. The average molecular weight is 314 g/mol. The molecular weight excluding hydrogens is 284 g/mol. The fourth-order valence-electron chi connectivity index (χ4n) is 2.38. The van der Waals surface area contributed by atoms with Crippen LogP contribution in [0.1, 0.15) is 52.9 Å². The summed E-state index contributed by atoms with van der Waals surface area (Å²) in [5.41, 5.74) is 10.3. The van der Waals surface area contributed by atoms with E-state index in [0.29, 0.717) is 18.8 Å². The Kier molecular flexibility index (Phi) is 9.98. The van der Waals surface area contributed by atoms with E-state index in [-0.39, 0.29) is 23.8 Å². The SMILES string of the molecule is CCC(CC)CNC(C)=O.NC(N)=NC1CCC(C(=O)O)C1. The van der Waals surface area contributed by atoms with Gasteiger partial charge in [0.15, 0.2) is 5.96 Å². The monoisotopic (exact) mass is 314 g/mol. The number of guanidine groups is 1. The van der Waals surface area contributed by atoms with Crippen LogP contribution in [0.3, 0.4) is 0 Å². The van der Waals surface area contributed by atoms with Crippen molar-refractivity contribution in [2.24, 2.45) is 28.3 Å². The molecule has 0 spiro atoms. The standard InChI is InChI=1S/C8H17NO.C7H13N3O2/c1-4-8(5-2)6-9-7(3)10;8-7(9)10-5-2-1-4(3-5)6(11)12/h8H,4-6H2,1-3H3,(H,9,10);4-5H,1-3H2,(H,11,12)(H4,8,9,10). The Morgan fingerprint density at radius 1 is 1.27 bits per heavy atom. The van der Waals surface area contributed by atoms with Crippen molar-refractivity contribution < 1.29 is 14.7 Å². The highest BCUT2D eigenvalue weighted by molar-refractivity contribution is 5.76. The summed E-state index contributed by atoms with van der Waals surface area (Å²) >= 11 is 0. The van der Waals surface area contributed by atoms with E-state index < -0.39 is 5.97 Å². The molecule has 1 amide bonds. The van der Waals surface area contributed by atoms with E-state index in [1.807, 2.05) is 0 Å². The Morgan fingerprint density at radius 3 is 2.23 bits per heavy atom. The Labute approximate surface area is 132 Å². The summed E-state index contributed by atoms with van der Waals surface area (Å²) in [6, 6.07) is 0.0103. The second-order valence-corrected chi connectivity index (χ2v) is 5.68. The van der Waals surface area contributed by atoms with Crippen LogP contribution in [0.2, 0.25) is 0 Å². The number of nitrogens with two attached hydrogens (primary N) is 2. The van der Waals surface area contributed by atoms with Gasteiger partial charge >= 0.3 is 5.97 Å². The second-order valence-electron chi connectivity index (χ2n) is 5.68. The quantitative estimate of drug-likeness (QED) is 0.430. The lowest BCUT2D eigenvalue weighted by Crippen LogP contribution is -2.26. The zero-order valence-electron chi connectivity index (χ0n) is 13.8. The van der Waals surface area contributed by atoms with Crippen LogP contribution in [-0.2, 0) is 9.59 Å².